The van der Waals surface area contributed by atoms with Gasteiger partial charge < -0.3 is 5.11 Å². The average Bonchev–Trinajstić information content (AvgIpc) is 2.15. The van der Waals surface area contributed by atoms with Gasteiger partial charge in [-0.2, -0.15) is 0 Å². The van der Waals surface area contributed by atoms with E-state index in [1.807, 2.05) is 0 Å². The van der Waals surface area contributed by atoms with E-state index in [0.717, 1.165) is 0 Å². The molecule has 0 bridgehead atoms. The molecule has 1 aliphatic carbocycles. The molecule has 0 aromatic heterocycles. The van der Waals surface area contributed by atoms with Crippen LogP contribution in [0.15, 0.2) is 0 Å². The number of aliphatic hydroxyl groups excluding tert-OH is 1. The third kappa shape index (κ3) is 1.70. The third-order valence-electron chi connectivity index (χ3n) is 2.74. The monoisotopic (exact) mass is 187 g/mol. The summed E-state index contributed by atoms with van der Waals surface area (Å²) in [6, 6.07) is 0. The summed E-state index contributed by atoms with van der Waals surface area (Å²) < 4.78 is 0. The van der Waals surface area contributed by atoms with Crippen LogP contribution in [-0.4, -0.2) is 28.5 Å². The highest BCUT2D eigenvalue weighted by atomic mass is 16.6. The van der Waals surface area contributed by atoms with Crippen molar-refractivity contribution in [3.63, 3.8) is 0 Å². The maximum absolute atomic E-state index is 11.3. The van der Waals surface area contributed by atoms with Gasteiger partial charge in [0.25, 0.3) is 0 Å². The van der Waals surface area contributed by atoms with Gasteiger partial charge in [0.15, 0.2) is 0 Å². The molecule has 13 heavy (non-hydrogen) atoms. The van der Waals surface area contributed by atoms with Crippen LogP contribution in [0.4, 0.5) is 0 Å². The summed E-state index contributed by atoms with van der Waals surface area (Å²) in [6.07, 6.45) is -0.764. The Labute approximate surface area is 75.9 Å². The van der Waals surface area contributed by atoms with Gasteiger partial charge in [-0.05, 0) is 0 Å². The molecule has 5 nitrogen and oxygen atoms in total. The first kappa shape index (κ1) is 10.1. The van der Waals surface area contributed by atoms with Gasteiger partial charge >= 0.3 is 0 Å². The van der Waals surface area contributed by atoms with Crippen molar-refractivity contribution in [3.05, 3.63) is 10.1 Å². The molecular weight excluding hydrogens is 174 g/mol. The van der Waals surface area contributed by atoms with Crippen LogP contribution in [0.25, 0.3) is 0 Å². The normalized spacial score (nSPS) is 32.1. The van der Waals surface area contributed by atoms with Crippen LogP contribution in [0.2, 0.25) is 0 Å². The lowest BCUT2D eigenvalue weighted by Crippen LogP contribution is -2.33. The highest BCUT2D eigenvalue weighted by molar-refractivity contribution is 5.87. The van der Waals surface area contributed by atoms with Crippen molar-refractivity contribution in [2.75, 3.05) is 6.54 Å². The highest BCUT2D eigenvalue weighted by Crippen LogP contribution is 2.38. The van der Waals surface area contributed by atoms with Gasteiger partial charge in [0.1, 0.15) is 5.78 Å². The van der Waals surface area contributed by atoms with Gasteiger partial charge in [0, 0.05) is 16.8 Å². The molecule has 2 atom stereocenters. The van der Waals surface area contributed by atoms with Gasteiger partial charge in [-0.3, -0.25) is 14.9 Å². The first-order valence-electron chi connectivity index (χ1n) is 4.19. The zero-order chi connectivity index (χ0) is 10.2. The number of ketones is 1. The molecule has 0 aliphatic heterocycles. The second kappa shape index (κ2) is 3.06. The Balaban J connectivity index is 2.73. The van der Waals surface area contributed by atoms with Gasteiger partial charge in [0.05, 0.1) is 12.0 Å². The Morgan fingerprint density at radius 3 is 2.54 bits per heavy atom. The maximum Gasteiger partial charge on any atom is 0.209 e. The van der Waals surface area contributed by atoms with Crippen molar-refractivity contribution < 1.29 is 14.8 Å². The number of nitrogens with zero attached hydrogens (tertiary/aromatic N) is 1. The van der Waals surface area contributed by atoms with Gasteiger partial charge in [-0.15, -0.1) is 0 Å². The second-order valence-electron chi connectivity index (χ2n) is 4.07. The Hall–Kier alpha value is -0.970. The third-order valence-corrected chi connectivity index (χ3v) is 2.74. The number of carbonyl (C=O) groups excluding carboxylic acids is 1. The highest BCUT2D eigenvalue weighted by Gasteiger charge is 2.49. The molecule has 1 N–H and O–H groups in total. The molecule has 5 heteroatoms. The molecule has 0 aromatic carbocycles. The van der Waals surface area contributed by atoms with E-state index in [4.69, 9.17) is 0 Å². The molecule has 1 saturated carbocycles. The Morgan fingerprint density at radius 2 is 2.23 bits per heavy atom. The summed E-state index contributed by atoms with van der Waals surface area (Å²) in [5, 5.41) is 19.8. The lowest BCUT2D eigenvalue weighted by molar-refractivity contribution is -0.490. The molecule has 1 rings (SSSR count). The topological polar surface area (TPSA) is 80.4 Å². The van der Waals surface area contributed by atoms with E-state index < -0.39 is 22.4 Å². The van der Waals surface area contributed by atoms with Crippen molar-refractivity contribution in [1.29, 1.82) is 0 Å². The molecule has 74 valence electrons. The van der Waals surface area contributed by atoms with E-state index in [1.54, 1.807) is 13.8 Å². The summed E-state index contributed by atoms with van der Waals surface area (Å²) in [5.74, 6) is -0.607. The molecule has 0 saturated heterocycles. The summed E-state index contributed by atoms with van der Waals surface area (Å²) >= 11 is 0. The van der Waals surface area contributed by atoms with Crippen LogP contribution in [0, 0.1) is 21.4 Å². The van der Waals surface area contributed by atoms with E-state index in [0.29, 0.717) is 0 Å². The van der Waals surface area contributed by atoms with Gasteiger partial charge in [-0.1, -0.05) is 13.8 Å². The lowest BCUT2D eigenvalue weighted by atomic mass is 9.86. The summed E-state index contributed by atoms with van der Waals surface area (Å²) in [6.45, 7) is 2.93. The first-order valence-corrected chi connectivity index (χ1v) is 4.19. The zero-order valence-corrected chi connectivity index (χ0v) is 7.69. The average molecular weight is 187 g/mol. The van der Waals surface area contributed by atoms with Crippen LogP contribution in [0.1, 0.15) is 20.3 Å². The molecule has 2 unspecified atom stereocenters. The number of aliphatic hydroxyl groups is 1. The molecule has 0 aromatic rings. The second-order valence-corrected chi connectivity index (χ2v) is 4.07. The minimum atomic E-state index is -0.884. The molecule has 1 aliphatic rings. The van der Waals surface area contributed by atoms with Crippen molar-refractivity contribution in [2.24, 2.45) is 11.3 Å². The molecule has 0 amide bonds. The Bertz CT molecular complexity index is 249. The number of hydrogen-bond donors (Lipinski definition) is 1. The Kier molecular flexibility index (Phi) is 2.38. The van der Waals surface area contributed by atoms with E-state index in [1.165, 1.54) is 0 Å². The quantitative estimate of drug-likeness (QED) is 0.496. The number of hydrogen-bond acceptors (Lipinski definition) is 4. The lowest BCUT2D eigenvalue weighted by Gasteiger charge is -2.22. The van der Waals surface area contributed by atoms with E-state index in [9.17, 15) is 20.0 Å². The summed E-state index contributed by atoms with van der Waals surface area (Å²) in [4.78, 5) is 21.0. The van der Waals surface area contributed by atoms with Crippen molar-refractivity contribution in [2.45, 2.75) is 26.4 Å². The molecule has 0 radical (unpaired) electrons. The molecule has 0 heterocycles. The fourth-order valence-electron chi connectivity index (χ4n) is 1.72. The predicted octanol–water partition coefficient (Wildman–Crippen LogP) is 0.239. The summed E-state index contributed by atoms with van der Waals surface area (Å²) in [7, 11) is 0. The molecule has 0 spiro atoms. The molecular formula is C8H13NO4. The minimum absolute atomic E-state index is 0.0909. The van der Waals surface area contributed by atoms with Crippen LogP contribution >= 0.6 is 0 Å². The number of nitro groups is 1. The van der Waals surface area contributed by atoms with E-state index >= 15 is 0 Å². The largest absolute Gasteiger partial charge is 0.392 e. The number of rotatable bonds is 2. The maximum atomic E-state index is 11.3. The van der Waals surface area contributed by atoms with Crippen molar-refractivity contribution >= 4 is 5.78 Å². The Morgan fingerprint density at radius 1 is 1.69 bits per heavy atom. The van der Waals surface area contributed by atoms with Crippen LogP contribution in [0.5, 0.6) is 0 Å². The number of carbonyl (C=O) groups is 1. The zero-order valence-electron chi connectivity index (χ0n) is 7.69. The predicted molar refractivity (Wildman–Crippen MR) is 44.8 cm³/mol. The fourth-order valence-corrected chi connectivity index (χ4v) is 1.72. The van der Waals surface area contributed by atoms with Gasteiger partial charge in [-0.25, -0.2) is 0 Å². The van der Waals surface area contributed by atoms with Crippen molar-refractivity contribution in [1.82, 2.24) is 0 Å². The van der Waals surface area contributed by atoms with Crippen LogP contribution in [0.3, 0.4) is 0 Å². The molecule has 1 fully saturated rings. The van der Waals surface area contributed by atoms with E-state index in [2.05, 4.69) is 0 Å². The summed E-state index contributed by atoms with van der Waals surface area (Å²) in [5.41, 5.74) is -0.819. The van der Waals surface area contributed by atoms with Crippen LogP contribution < -0.4 is 0 Å². The van der Waals surface area contributed by atoms with Crippen molar-refractivity contribution in [3.8, 4) is 0 Å². The smallest absolute Gasteiger partial charge is 0.209 e. The van der Waals surface area contributed by atoms with Gasteiger partial charge in [0.2, 0.25) is 6.54 Å². The SMILES string of the molecule is CC1(C)C(=O)CC(C[N+](=O)[O-])C1O. The first-order chi connectivity index (χ1) is 5.85. The van der Waals surface area contributed by atoms with E-state index in [-0.39, 0.29) is 18.7 Å². The minimum Gasteiger partial charge on any atom is -0.392 e. The van der Waals surface area contributed by atoms with Crippen LogP contribution in [-0.2, 0) is 4.79 Å². The fraction of sp³-hybridized carbons (Fsp3) is 0.875. The number of Topliss-reactive ketones (excluding diaryl/α,β-unsaturated/α-hetero) is 1. The standard InChI is InChI=1S/C8H13NO4/c1-8(2)6(10)3-5(7(8)11)4-9(12)13/h5,7,11H,3-4H2,1-2H3.